The van der Waals surface area contributed by atoms with E-state index in [1.165, 1.54) is 0 Å². The minimum atomic E-state index is -3.10. The number of carbonyl (C=O) groups excluding carboxylic acids is 3. The smallest absolute Gasteiger partial charge is 0.306 e. The molecule has 0 aromatic heterocycles. The number of nitrogens with one attached hydrogen (secondary N) is 2. The highest BCUT2D eigenvalue weighted by atomic mass is 32.2. The van der Waals surface area contributed by atoms with Crippen LogP contribution < -0.4 is 10.6 Å². The van der Waals surface area contributed by atoms with Crippen molar-refractivity contribution in [1.29, 1.82) is 0 Å². The van der Waals surface area contributed by atoms with Crippen LogP contribution in [0.1, 0.15) is 12.8 Å². The molecule has 0 aliphatic carbocycles. The molecule has 1 saturated heterocycles. The average molecular weight is 404 g/mol. The second kappa shape index (κ2) is 8.89. The molecular formula is C16H18F2N2O6S. The van der Waals surface area contributed by atoms with E-state index in [1.54, 1.807) is 0 Å². The van der Waals surface area contributed by atoms with E-state index in [9.17, 15) is 31.6 Å². The van der Waals surface area contributed by atoms with Crippen LogP contribution in [0.3, 0.4) is 0 Å². The maximum Gasteiger partial charge on any atom is 0.306 e. The Morgan fingerprint density at radius 3 is 2.52 bits per heavy atom. The van der Waals surface area contributed by atoms with Crippen LogP contribution >= 0.6 is 0 Å². The minimum absolute atomic E-state index is 0.0195. The highest BCUT2D eigenvalue weighted by Crippen LogP contribution is 2.21. The van der Waals surface area contributed by atoms with Gasteiger partial charge in [-0.2, -0.15) is 0 Å². The van der Waals surface area contributed by atoms with Crippen molar-refractivity contribution >= 4 is 33.3 Å². The van der Waals surface area contributed by atoms with Crippen molar-refractivity contribution in [2.75, 3.05) is 30.0 Å². The van der Waals surface area contributed by atoms with Gasteiger partial charge in [-0.1, -0.05) is 0 Å². The standard InChI is InChI=1S/C16H18F2N2O6S/c17-12-2-1-11(6-13(12)18)20-14(21)7-19-15(22)8-26-16(23)5-10-3-4-27(24,25)9-10/h1-2,6,10H,3-5,7-9H2,(H,19,22)(H,20,21)/t10-/m0/s1. The molecule has 27 heavy (non-hydrogen) atoms. The summed E-state index contributed by atoms with van der Waals surface area (Å²) in [7, 11) is -3.10. The number of anilines is 1. The lowest BCUT2D eigenvalue weighted by Crippen LogP contribution is -2.35. The van der Waals surface area contributed by atoms with Gasteiger partial charge < -0.3 is 15.4 Å². The maximum absolute atomic E-state index is 13.0. The molecule has 0 bridgehead atoms. The normalized spacial score (nSPS) is 17.9. The number of hydrogen-bond acceptors (Lipinski definition) is 6. The van der Waals surface area contributed by atoms with Gasteiger partial charge >= 0.3 is 5.97 Å². The Morgan fingerprint density at radius 1 is 1.15 bits per heavy atom. The van der Waals surface area contributed by atoms with Crippen LogP contribution in [0, 0.1) is 17.6 Å². The molecule has 1 atom stereocenters. The largest absolute Gasteiger partial charge is 0.456 e. The highest BCUT2D eigenvalue weighted by Gasteiger charge is 2.30. The van der Waals surface area contributed by atoms with E-state index in [1.807, 2.05) is 0 Å². The molecule has 148 valence electrons. The monoisotopic (exact) mass is 404 g/mol. The van der Waals surface area contributed by atoms with Crippen molar-refractivity contribution in [1.82, 2.24) is 5.32 Å². The molecular weight excluding hydrogens is 386 g/mol. The van der Waals surface area contributed by atoms with Crippen molar-refractivity contribution in [3.05, 3.63) is 29.8 Å². The summed E-state index contributed by atoms with van der Waals surface area (Å²) in [6.07, 6.45) is 0.289. The van der Waals surface area contributed by atoms with Crippen molar-refractivity contribution in [2.24, 2.45) is 5.92 Å². The van der Waals surface area contributed by atoms with Crippen LogP contribution in [0.2, 0.25) is 0 Å². The van der Waals surface area contributed by atoms with Gasteiger partial charge in [0.2, 0.25) is 5.91 Å². The third-order valence-electron chi connectivity index (χ3n) is 3.80. The lowest BCUT2D eigenvalue weighted by Gasteiger charge is -2.09. The van der Waals surface area contributed by atoms with E-state index < -0.39 is 52.4 Å². The number of carbonyl (C=O) groups is 3. The Bertz CT molecular complexity index is 843. The molecule has 2 amide bonds. The van der Waals surface area contributed by atoms with Crippen LogP contribution in [0.15, 0.2) is 18.2 Å². The number of amides is 2. The molecule has 0 spiro atoms. The van der Waals surface area contributed by atoms with Gasteiger partial charge in [0.15, 0.2) is 28.1 Å². The summed E-state index contributed by atoms with van der Waals surface area (Å²) in [5, 5.41) is 4.46. The van der Waals surface area contributed by atoms with E-state index in [4.69, 9.17) is 4.74 Å². The van der Waals surface area contributed by atoms with E-state index in [2.05, 4.69) is 10.6 Å². The van der Waals surface area contributed by atoms with Crippen molar-refractivity contribution < 1.29 is 36.3 Å². The Morgan fingerprint density at radius 2 is 1.89 bits per heavy atom. The molecule has 2 N–H and O–H groups in total. The number of halogens is 2. The number of rotatable bonds is 7. The first kappa shape index (κ1) is 20.7. The Hall–Kier alpha value is -2.56. The molecule has 0 saturated carbocycles. The topological polar surface area (TPSA) is 119 Å². The van der Waals surface area contributed by atoms with Crippen molar-refractivity contribution in [3.8, 4) is 0 Å². The van der Waals surface area contributed by atoms with Crippen LogP contribution in [-0.2, 0) is 29.0 Å². The summed E-state index contributed by atoms with van der Waals surface area (Å²) in [5.41, 5.74) is 0.0195. The molecule has 1 aliphatic heterocycles. The summed E-state index contributed by atoms with van der Waals surface area (Å²) in [4.78, 5) is 34.8. The van der Waals surface area contributed by atoms with E-state index in [0.717, 1.165) is 18.2 Å². The lowest BCUT2D eigenvalue weighted by atomic mass is 10.1. The molecule has 2 rings (SSSR count). The van der Waals surface area contributed by atoms with Crippen LogP contribution in [0.4, 0.5) is 14.5 Å². The molecule has 0 radical (unpaired) electrons. The van der Waals surface area contributed by atoms with Crippen molar-refractivity contribution in [3.63, 3.8) is 0 Å². The predicted molar refractivity (Wildman–Crippen MR) is 90.3 cm³/mol. The van der Waals surface area contributed by atoms with Crippen molar-refractivity contribution in [2.45, 2.75) is 12.8 Å². The van der Waals surface area contributed by atoms with Gasteiger partial charge in [0.1, 0.15) is 0 Å². The zero-order valence-electron chi connectivity index (χ0n) is 14.2. The van der Waals surface area contributed by atoms with E-state index in [0.29, 0.717) is 6.42 Å². The molecule has 1 heterocycles. The number of ether oxygens (including phenoxy) is 1. The number of benzene rings is 1. The second-order valence-corrected chi connectivity index (χ2v) is 8.32. The van der Waals surface area contributed by atoms with Crippen LogP contribution in [-0.4, -0.2) is 50.9 Å². The van der Waals surface area contributed by atoms with Gasteiger partial charge in [-0.25, -0.2) is 17.2 Å². The van der Waals surface area contributed by atoms with Gasteiger partial charge in [0.25, 0.3) is 5.91 Å². The number of hydrogen-bond donors (Lipinski definition) is 2. The van der Waals surface area contributed by atoms with Gasteiger partial charge in [-0.15, -0.1) is 0 Å². The lowest BCUT2D eigenvalue weighted by molar-refractivity contribution is -0.149. The molecule has 8 nitrogen and oxygen atoms in total. The molecule has 1 aromatic carbocycles. The Balaban J connectivity index is 1.65. The zero-order chi connectivity index (χ0) is 20.0. The van der Waals surface area contributed by atoms with Crippen LogP contribution in [0.25, 0.3) is 0 Å². The summed E-state index contributed by atoms with van der Waals surface area (Å²) in [6.45, 7) is -1.08. The van der Waals surface area contributed by atoms with Gasteiger partial charge in [0.05, 0.1) is 18.1 Å². The quantitative estimate of drug-likeness (QED) is 0.635. The first-order chi connectivity index (χ1) is 12.6. The second-order valence-electron chi connectivity index (χ2n) is 6.09. The summed E-state index contributed by atoms with van der Waals surface area (Å²) >= 11 is 0. The fraction of sp³-hybridized carbons (Fsp3) is 0.438. The summed E-state index contributed by atoms with van der Waals surface area (Å²) in [6, 6.07) is 2.79. The third kappa shape index (κ3) is 6.93. The van der Waals surface area contributed by atoms with Gasteiger partial charge in [-0.05, 0) is 24.5 Å². The third-order valence-corrected chi connectivity index (χ3v) is 5.63. The SMILES string of the molecule is O=C(COC(=O)C[C@@H]1CCS(=O)(=O)C1)NCC(=O)Nc1ccc(F)c(F)c1. The molecule has 1 aliphatic rings. The van der Waals surface area contributed by atoms with E-state index in [-0.39, 0.29) is 29.5 Å². The number of esters is 1. The number of sulfone groups is 1. The van der Waals surface area contributed by atoms with Crippen LogP contribution in [0.5, 0.6) is 0 Å². The Kier molecular flexibility index (Phi) is 6.83. The first-order valence-corrected chi connectivity index (χ1v) is 9.84. The fourth-order valence-electron chi connectivity index (χ4n) is 2.48. The molecule has 11 heteroatoms. The highest BCUT2D eigenvalue weighted by molar-refractivity contribution is 7.91. The molecule has 1 aromatic rings. The first-order valence-electron chi connectivity index (χ1n) is 8.02. The van der Waals surface area contributed by atoms with Gasteiger partial charge in [0, 0.05) is 18.2 Å². The van der Waals surface area contributed by atoms with E-state index >= 15 is 0 Å². The fourth-order valence-corrected chi connectivity index (χ4v) is 4.34. The summed E-state index contributed by atoms with van der Waals surface area (Å²) < 4.78 is 53.2. The summed E-state index contributed by atoms with van der Waals surface area (Å²) in [5.74, 6) is -4.64. The minimum Gasteiger partial charge on any atom is -0.456 e. The predicted octanol–water partition coefficient (Wildman–Crippen LogP) is 0.388. The maximum atomic E-state index is 13.0. The molecule has 0 unspecified atom stereocenters. The zero-order valence-corrected chi connectivity index (χ0v) is 15.0. The Labute approximate surface area is 154 Å². The molecule has 1 fully saturated rings. The van der Waals surface area contributed by atoms with Gasteiger partial charge in [-0.3, -0.25) is 14.4 Å². The average Bonchev–Trinajstić information content (AvgIpc) is 2.93.